The first-order valence-corrected chi connectivity index (χ1v) is 13.3. The van der Waals surface area contributed by atoms with Crippen molar-refractivity contribution in [2.45, 2.75) is 37.0 Å². The number of hydrogen-bond donors (Lipinski definition) is 3. The molecule has 0 saturated heterocycles. The molecule has 2 rings (SSSR count). The fraction of sp³-hybridized carbons (Fsp3) is 0.381. The zero-order valence-electron chi connectivity index (χ0n) is 19.0. The average molecular weight is 500 g/mol. The summed E-state index contributed by atoms with van der Waals surface area (Å²) < 4.78 is 60.3. The van der Waals surface area contributed by atoms with E-state index < -0.39 is 31.8 Å². The van der Waals surface area contributed by atoms with Gasteiger partial charge in [0, 0.05) is 19.6 Å². The van der Waals surface area contributed by atoms with Crippen LogP contribution in [0.5, 0.6) is 5.75 Å². The Morgan fingerprint density at radius 2 is 1.61 bits per heavy atom. The molecule has 182 valence electrons. The van der Waals surface area contributed by atoms with Gasteiger partial charge >= 0.3 is 5.97 Å². The minimum Gasteiger partial charge on any atom is -0.507 e. The Bertz CT molecular complexity index is 1210. The minimum absolute atomic E-state index is 0.0318. The van der Waals surface area contributed by atoms with Crippen LogP contribution < -0.4 is 10.0 Å². The van der Waals surface area contributed by atoms with Gasteiger partial charge in [-0.2, -0.15) is 4.31 Å². The molecule has 0 atom stereocenters. The number of esters is 1. The maximum atomic E-state index is 13.1. The molecule has 10 nitrogen and oxygen atoms in total. The van der Waals surface area contributed by atoms with Gasteiger partial charge in [0.1, 0.15) is 11.3 Å². The van der Waals surface area contributed by atoms with Gasteiger partial charge in [0.05, 0.1) is 28.3 Å². The fourth-order valence-electron chi connectivity index (χ4n) is 3.05. The highest BCUT2D eigenvalue weighted by Crippen LogP contribution is 2.30. The SMILES string of the molecule is CCCNc1ccc(S(=O)(=O)N(CC)CC)cc1NS(=O)(=O)c1ccc(O)c(C(=O)OC)c1. The van der Waals surface area contributed by atoms with Crippen molar-refractivity contribution in [3.63, 3.8) is 0 Å². The predicted octanol–water partition coefficient (Wildman–Crippen LogP) is 2.83. The first-order chi connectivity index (χ1) is 15.5. The van der Waals surface area contributed by atoms with Crippen molar-refractivity contribution in [2.75, 3.05) is 36.8 Å². The molecule has 3 N–H and O–H groups in total. The third-order valence-electron chi connectivity index (χ3n) is 4.83. The number of phenolic OH excluding ortho intramolecular Hbond substituents is 1. The van der Waals surface area contributed by atoms with E-state index in [0.717, 1.165) is 31.7 Å². The Kier molecular flexibility index (Phi) is 8.69. The Labute approximate surface area is 194 Å². The Morgan fingerprint density at radius 1 is 0.970 bits per heavy atom. The molecule has 0 aliphatic heterocycles. The molecule has 33 heavy (non-hydrogen) atoms. The van der Waals surface area contributed by atoms with Crippen LogP contribution in [-0.2, 0) is 24.8 Å². The van der Waals surface area contributed by atoms with Crippen LogP contribution in [0, 0.1) is 0 Å². The van der Waals surface area contributed by atoms with Crippen molar-refractivity contribution >= 4 is 37.4 Å². The summed E-state index contributed by atoms with van der Waals surface area (Å²) in [4.78, 5) is 11.5. The van der Waals surface area contributed by atoms with Gasteiger partial charge in [-0.15, -0.1) is 0 Å². The molecule has 2 aromatic carbocycles. The molecule has 0 saturated carbocycles. The number of nitrogens with zero attached hydrogens (tertiary/aromatic N) is 1. The number of hydrogen-bond acceptors (Lipinski definition) is 8. The van der Waals surface area contributed by atoms with Crippen molar-refractivity contribution in [1.82, 2.24) is 4.31 Å². The van der Waals surface area contributed by atoms with Gasteiger partial charge in [-0.1, -0.05) is 20.8 Å². The quantitative estimate of drug-likeness (QED) is 0.401. The maximum Gasteiger partial charge on any atom is 0.341 e. The number of phenols is 1. The molecular formula is C21H29N3O7S2. The number of methoxy groups -OCH3 is 1. The summed E-state index contributed by atoms with van der Waals surface area (Å²) in [6, 6.07) is 7.35. The topological polar surface area (TPSA) is 142 Å². The van der Waals surface area contributed by atoms with Gasteiger partial charge in [-0.3, -0.25) is 4.72 Å². The highest BCUT2D eigenvalue weighted by Gasteiger charge is 2.25. The Morgan fingerprint density at radius 3 is 2.18 bits per heavy atom. The van der Waals surface area contributed by atoms with Gasteiger partial charge in [0.25, 0.3) is 10.0 Å². The number of anilines is 2. The molecule has 0 amide bonds. The van der Waals surface area contributed by atoms with Crippen LogP contribution >= 0.6 is 0 Å². The maximum absolute atomic E-state index is 13.1. The van der Waals surface area contributed by atoms with Gasteiger partial charge in [0.15, 0.2) is 0 Å². The largest absolute Gasteiger partial charge is 0.507 e. The lowest BCUT2D eigenvalue weighted by Crippen LogP contribution is -2.30. The Balaban J connectivity index is 2.56. The van der Waals surface area contributed by atoms with E-state index >= 15 is 0 Å². The zero-order chi connectivity index (χ0) is 24.8. The summed E-state index contributed by atoms with van der Waals surface area (Å²) in [5, 5.41) is 12.9. The van der Waals surface area contributed by atoms with Crippen LogP contribution in [0.2, 0.25) is 0 Å². The molecule has 0 aliphatic rings. The van der Waals surface area contributed by atoms with E-state index in [1.54, 1.807) is 13.8 Å². The second-order valence-electron chi connectivity index (χ2n) is 7.00. The normalized spacial score (nSPS) is 11.9. The lowest BCUT2D eigenvalue weighted by molar-refractivity contribution is 0.0597. The molecule has 12 heteroatoms. The first-order valence-electron chi connectivity index (χ1n) is 10.3. The predicted molar refractivity (Wildman–Crippen MR) is 126 cm³/mol. The molecule has 0 spiro atoms. The summed E-state index contributed by atoms with van der Waals surface area (Å²) in [7, 11) is -6.98. The number of carbonyl (C=O) groups excluding carboxylic acids is 1. The van der Waals surface area contributed by atoms with Gasteiger partial charge in [-0.05, 0) is 42.8 Å². The second-order valence-corrected chi connectivity index (χ2v) is 10.6. The number of ether oxygens (including phenoxy) is 1. The number of sulfonamides is 2. The first kappa shape index (κ1) is 26.4. The highest BCUT2D eigenvalue weighted by molar-refractivity contribution is 7.92. The smallest absolute Gasteiger partial charge is 0.341 e. The van der Waals surface area contributed by atoms with Crippen LogP contribution in [-0.4, -0.2) is 59.0 Å². The van der Waals surface area contributed by atoms with Crippen LogP contribution in [0.25, 0.3) is 0 Å². The van der Waals surface area contributed by atoms with Crippen molar-refractivity contribution < 1.29 is 31.5 Å². The van der Waals surface area contributed by atoms with Gasteiger partial charge < -0.3 is 15.2 Å². The van der Waals surface area contributed by atoms with E-state index in [1.165, 1.54) is 22.5 Å². The van der Waals surface area contributed by atoms with E-state index in [9.17, 15) is 26.7 Å². The number of nitrogens with one attached hydrogen (secondary N) is 2. The van der Waals surface area contributed by atoms with E-state index in [1.807, 2.05) is 6.92 Å². The second kappa shape index (κ2) is 10.9. The van der Waals surface area contributed by atoms with E-state index in [0.29, 0.717) is 12.2 Å². The summed E-state index contributed by atoms with van der Waals surface area (Å²) >= 11 is 0. The Hall–Kier alpha value is -2.83. The van der Waals surface area contributed by atoms with Crippen molar-refractivity contribution in [3.05, 3.63) is 42.0 Å². The lowest BCUT2D eigenvalue weighted by atomic mass is 10.2. The van der Waals surface area contributed by atoms with Crippen molar-refractivity contribution in [3.8, 4) is 5.75 Å². The summed E-state index contributed by atoms with van der Waals surface area (Å²) in [6.07, 6.45) is 0.756. The highest BCUT2D eigenvalue weighted by atomic mass is 32.2. The van der Waals surface area contributed by atoms with Crippen LogP contribution in [0.15, 0.2) is 46.2 Å². The molecular weight excluding hydrogens is 470 g/mol. The number of aromatic hydroxyl groups is 1. The zero-order valence-corrected chi connectivity index (χ0v) is 20.6. The van der Waals surface area contributed by atoms with Crippen LogP contribution in [0.3, 0.4) is 0 Å². The van der Waals surface area contributed by atoms with Crippen molar-refractivity contribution in [1.29, 1.82) is 0 Å². The van der Waals surface area contributed by atoms with Gasteiger partial charge in [0.2, 0.25) is 10.0 Å². The summed E-state index contributed by atoms with van der Waals surface area (Å²) in [6.45, 7) is 6.42. The molecule has 0 bridgehead atoms. The van der Waals surface area contributed by atoms with Crippen LogP contribution in [0.1, 0.15) is 37.6 Å². The standard InChI is InChI=1S/C21H29N3O7S2/c1-5-12-22-18-10-8-16(33(29,30)24(6-2)7-3)14-19(18)23-32(27,28)15-9-11-20(25)17(13-15)21(26)31-4/h8-11,13-14,22-23,25H,5-7,12H2,1-4H3. The number of benzene rings is 2. The van der Waals surface area contributed by atoms with E-state index in [2.05, 4.69) is 14.8 Å². The summed E-state index contributed by atoms with van der Waals surface area (Å²) in [5.74, 6) is -1.33. The molecule has 0 fully saturated rings. The third-order valence-corrected chi connectivity index (χ3v) is 8.24. The molecule has 0 radical (unpaired) electrons. The molecule has 0 aliphatic carbocycles. The van der Waals surface area contributed by atoms with Crippen LogP contribution in [0.4, 0.5) is 11.4 Å². The molecule has 0 unspecified atom stereocenters. The number of carbonyl (C=O) groups is 1. The van der Waals surface area contributed by atoms with E-state index in [-0.39, 0.29) is 34.1 Å². The minimum atomic E-state index is -4.25. The fourth-order valence-corrected chi connectivity index (χ4v) is 5.64. The average Bonchev–Trinajstić information content (AvgIpc) is 2.78. The number of rotatable bonds is 11. The van der Waals surface area contributed by atoms with E-state index in [4.69, 9.17) is 0 Å². The third kappa shape index (κ3) is 5.95. The lowest BCUT2D eigenvalue weighted by Gasteiger charge is -2.20. The monoisotopic (exact) mass is 499 g/mol. The van der Waals surface area contributed by atoms with Crippen molar-refractivity contribution in [2.24, 2.45) is 0 Å². The molecule has 0 aromatic heterocycles. The molecule has 0 heterocycles. The summed E-state index contributed by atoms with van der Waals surface area (Å²) in [5.41, 5.74) is 0.109. The molecule has 2 aromatic rings. The van der Waals surface area contributed by atoms with Gasteiger partial charge in [-0.25, -0.2) is 21.6 Å².